The first-order chi connectivity index (χ1) is 12.7. The average molecular weight is 394 g/mol. The number of anilines is 2. The largest absolute Gasteiger partial charge is 0.334 e. The summed E-state index contributed by atoms with van der Waals surface area (Å²) in [6, 6.07) is 4.68. The zero-order valence-electron chi connectivity index (χ0n) is 15.3. The lowest BCUT2D eigenvalue weighted by atomic mass is 10.1. The Hall–Kier alpha value is -2.50. The number of rotatable bonds is 5. The fourth-order valence-electron chi connectivity index (χ4n) is 2.86. The SMILES string of the molecule is CC(=O)Nc1ccc(NS(C)(=O)=O)c(-c2nc(C3CNCCN3C)no2)c1. The number of carbonyl (C=O) groups excluding carboxylic acids is 1. The Morgan fingerprint density at radius 1 is 1.41 bits per heavy atom. The van der Waals surface area contributed by atoms with Gasteiger partial charge in [-0.05, 0) is 25.2 Å². The van der Waals surface area contributed by atoms with Gasteiger partial charge in [-0.15, -0.1) is 0 Å². The molecule has 2 aromatic rings. The molecule has 1 fully saturated rings. The molecular formula is C16H22N6O4S. The van der Waals surface area contributed by atoms with Crippen LogP contribution in [0.4, 0.5) is 11.4 Å². The molecule has 0 spiro atoms. The lowest BCUT2D eigenvalue weighted by Crippen LogP contribution is -2.44. The number of sulfonamides is 1. The van der Waals surface area contributed by atoms with Crippen LogP contribution in [-0.4, -0.2) is 62.3 Å². The van der Waals surface area contributed by atoms with Gasteiger partial charge in [0.1, 0.15) is 0 Å². The molecule has 0 radical (unpaired) electrons. The molecule has 1 amide bonds. The van der Waals surface area contributed by atoms with E-state index in [0.717, 1.165) is 19.3 Å². The molecule has 1 aliphatic heterocycles. The van der Waals surface area contributed by atoms with E-state index in [-0.39, 0.29) is 23.5 Å². The van der Waals surface area contributed by atoms with Gasteiger partial charge in [0.2, 0.25) is 15.9 Å². The fraction of sp³-hybridized carbons (Fsp3) is 0.438. The summed E-state index contributed by atoms with van der Waals surface area (Å²) in [4.78, 5) is 17.9. The van der Waals surface area contributed by atoms with Gasteiger partial charge in [0.05, 0.1) is 23.5 Å². The Labute approximate surface area is 157 Å². The van der Waals surface area contributed by atoms with Crippen molar-refractivity contribution in [1.82, 2.24) is 20.4 Å². The molecule has 146 valence electrons. The summed E-state index contributed by atoms with van der Waals surface area (Å²) in [6.45, 7) is 3.82. The van der Waals surface area contributed by atoms with Crippen molar-refractivity contribution in [2.75, 3.05) is 43.0 Å². The standard InChI is InChI=1S/C16H22N6O4S/c1-10(23)18-11-4-5-13(21-27(3,24)25)12(8-11)16-19-15(20-26-16)14-9-17-6-7-22(14)2/h4-5,8,14,17,21H,6-7,9H2,1-3H3,(H,18,23). The van der Waals surface area contributed by atoms with Crippen molar-refractivity contribution < 1.29 is 17.7 Å². The maximum atomic E-state index is 11.7. The number of amides is 1. The van der Waals surface area contributed by atoms with Crippen LogP contribution in [0.3, 0.4) is 0 Å². The van der Waals surface area contributed by atoms with Gasteiger partial charge in [-0.2, -0.15) is 4.98 Å². The molecule has 2 heterocycles. The highest BCUT2D eigenvalue weighted by Crippen LogP contribution is 2.31. The molecule has 0 bridgehead atoms. The number of nitrogens with one attached hydrogen (secondary N) is 3. The first kappa shape index (κ1) is 19.3. The lowest BCUT2D eigenvalue weighted by Gasteiger charge is -2.30. The fourth-order valence-corrected chi connectivity index (χ4v) is 3.44. The van der Waals surface area contributed by atoms with Crippen molar-refractivity contribution in [3.63, 3.8) is 0 Å². The number of hydrogen-bond acceptors (Lipinski definition) is 8. The first-order valence-electron chi connectivity index (χ1n) is 8.37. The zero-order valence-corrected chi connectivity index (χ0v) is 16.1. The summed E-state index contributed by atoms with van der Waals surface area (Å²) in [5.41, 5.74) is 1.17. The average Bonchev–Trinajstić information content (AvgIpc) is 3.04. The zero-order chi connectivity index (χ0) is 19.6. The Bertz CT molecular complexity index is 942. The second-order valence-corrected chi connectivity index (χ2v) is 8.22. The molecule has 11 heteroatoms. The number of carbonyl (C=O) groups is 1. The molecule has 0 aliphatic carbocycles. The van der Waals surface area contributed by atoms with Gasteiger partial charge < -0.3 is 15.2 Å². The highest BCUT2D eigenvalue weighted by Gasteiger charge is 2.26. The third-order valence-electron chi connectivity index (χ3n) is 4.12. The van der Waals surface area contributed by atoms with E-state index in [1.165, 1.54) is 6.92 Å². The number of likely N-dealkylation sites (N-methyl/N-ethyl adjacent to an activating group) is 1. The Balaban J connectivity index is 1.99. The summed E-state index contributed by atoms with van der Waals surface area (Å²) in [6.07, 6.45) is 1.06. The van der Waals surface area contributed by atoms with Crippen LogP contribution in [0, 0.1) is 0 Å². The van der Waals surface area contributed by atoms with E-state index < -0.39 is 10.0 Å². The first-order valence-corrected chi connectivity index (χ1v) is 10.3. The number of benzene rings is 1. The quantitative estimate of drug-likeness (QED) is 0.674. The maximum absolute atomic E-state index is 11.7. The predicted molar refractivity (Wildman–Crippen MR) is 101 cm³/mol. The van der Waals surface area contributed by atoms with E-state index in [4.69, 9.17) is 4.52 Å². The summed E-state index contributed by atoms with van der Waals surface area (Å²) >= 11 is 0. The maximum Gasteiger partial charge on any atom is 0.260 e. The minimum atomic E-state index is -3.51. The van der Waals surface area contributed by atoms with E-state index in [9.17, 15) is 13.2 Å². The van der Waals surface area contributed by atoms with Crippen molar-refractivity contribution in [3.05, 3.63) is 24.0 Å². The molecule has 1 aromatic carbocycles. The van der Waals surface area contributed by atoms with E-state index in [1.807, 2.05) is 7.05 Å². The third kappa shape index (κ3) is 4.81. The van der Waals surface area contributed by atoms with Gasteiger partial charge in [-0.3, -0.25) is 14.4 Å². The number of nitrogens with zero attached hydrogens (tertiary/aromatic N) is 3. The van der Waals surface area contributed by atoms with Crippen LogP contribution in [0.2, 0.25) is 0 Å². The van der Waals surface area contributed by atoms with Gasteiger partial charge in [0, 0.05) is 32.2 Å². The molecule has 1 atom stereocenters. The number of aromatic nitrogens is 2. The molecule has 3 rings (SSSR count). The van der Waals surface area contributed by atoms with Crippen LogP contribution in [0.1, 0.15) is 18.8 Å². The van der Waals surface area contributed by atoms with Crippen LogP contribution in [-0.2, 0) is 14.8 Å². The van der Waals surface area contributed by atoms with Crippen LogP contribution in [0.15, 0.2) is 22.7 Å². The van der Waals surface area contributed by atoms with E-state index in [1.54, 1.807) is 18.2 Å². The van der Waals surface area contributed by atoms with Crippen molar-refractivity contribution in [2.45, 2.75) is 13.0 Å². The number of hydrogen-bond donors (Lipinski definition) is 3. The molecule has 0 saturated carbocycles. The summed E-state index contributed by atoms with van der Waals surface area (Å²) < 4.78 is 31.2. The van der Waals surface area contributed by atoms with Crippen LogP contribution < -0.4 is 15.4 Å². The van der Waals surface area contributed by atoms with Gasteiger partial charge >= 0.3 is 0 Å². The van der Waals surface area contributed by atoms with E-state index >= 15 is 0 Å². The molecule has 1 aliphatic rings. The third-order valence-corrected chi connectivity index (χ3v) is 4.71. The van der Waals surface area contributed by atoms with Crippen LogP contribution in [0.5, 0.6) is 0 Å². The minimum absolute atomic E-state index is 0.0407. The van der Waals surface area contributed by atoms with Crippen molar-refractivity contribution >= 4 is 27.3 Å². The lowest BCUT2D eigenvalue weighted by molar-refractivity contribution is -0.114. The molecule has 3 N–H and O–H groups in total. The normalized spacial score (nSPS) is 18.3. The van der Waals surface area contributed by atoms with Gasteiger partial charge in [0.15, 0.2) is 5.82 Å². The highest BCUT2D eigenvalue weighted by molar-refractivity contribution is 7.92. The molecule has 1 aromatic heterocycles. The van der Waals surface area contributed by atoms with Crippen LogP contribution >= 0.6 is 0 Å². The van der Waals surface area contributed by atoms with Crippen molar-refractivity contribution in [2.24, 2.45) is 0 Å². The predicted octanol–water partition coefficient (Wildman–Crippen LogP) is 0.643. The van der Waals surface area contributed by atoms with Gasteiger partial charge in [-0.1, -0.05) is 5.16 Å². The molecule has 27 heavy (non-hydrogen) atoms. The Morgan fingerprint density at radius 3 is 2.85 bits per heavy atom. The second kappa shape index (κ2) is 7.62. The Kier molecular flexibility index (Phi) is 5.44. The van der Waals surface area contributed by atoms with Crippen LogP contribution in [0.25, 0.3) is 11.5 Å². The summed E-state index contributed by atoms with van der Waals surface area (Å²) in [5, 5.41) is 10.0. The molecular weight excluding hydrogens is 372 g/mol. The van der Waals surface area contributed by atoms with Gasteiger partial charge in [-0.25, -0.2) is 8.42 Å². The Morgan fingerprint density at radius 2 is 2.19 bits per heavy atom. The van der Waals surface area contributed by atoms with E-state index in [2.05, 4.69) is 30.4 Å². The van der Waals surface area contributed by atoms with Crippen molar-refractivity contribution in [1.29, 1.82) is 0 Å². The smallest absolute Gasteiger partial charge is 0.260 e. The second-order valence-electron chi connectivity index (χ2n) is 6.47. The topological polar surface area (TPSA) is 129 Å². The van der Waals surface area contributed by atoms with E-state index in [0.29, 0.717) is 23.6 Å². The summed E-state index contributed by atoms with van der Waals surface area (Å²) in [7, 11) is -1.53. The van der Waals surface area contributed by atoms with Gasteiger partial charge in [0.25, 0.3) is 5.89 Å². The molecule has 1 saturated heterocycles. The molecule has 1 unspecified atom stereocenters. The number of piperazine rings is 1. The summed E-state index contributed by atoms with van der Waals surface area (Å²) in [5.74, 6) is 0.433. The van der Waals surface area contributed by atoms with Crippen molar-refractivity contribution in [3.8, 4) is 11.5 Å². The monoisotopic (exact) mass is 394 g/mol. The minimum Gasteiger partial charge on any atom is -0.334 e. The molecule has 10 nitrogen and oxygen atoms in total. The highest BCUT2D eigenvalue weighted by atomic mass is 32.2.